The zero-order chi connectivity index (χ0) is 14.5. The molecule has 1 heterocycles. The Morgan fingerprint density at radius 1 is 1.30 bits per heavy atom. The SMILES string of the molecule is COc1cc2nc(CSCCN)[nH]c(=O)c2cc1OC. The van der Waals surface area contributed by atoms with Crippen LogP contribution < -0.4 is 20.8 Å². The van der Waals surface area contributed by atoms with E-state index < -0.39 is 0 Å². The largest absolute Gasteiger partial charge is 0.493 e. The maximum absolute atomic E-state index is 12.1. The number of nitrogens with zero attached hydrogens (tertiary/aromatic N) is 1. The number of hydrogen-bond donors (Lipinski definition) is 2. The highest BCUT2D eigenvalue weighted by molar-refractivity contribution is 7.98. The Kier molecular flexibility index (Phi) is 4.86. The average Bonchev–Trinajstić information content (AvgIpc) is 2.46. The molecule has 0 amide bonds. The molecule has 0 saturated carbocycles. The second-order valence-corrected chi connectivity index (χ2v) is 5.18. The lowest BCUT2D eigenvalue weighted by molar-refractivity contribution is 0.355. The van der Waals surface area contributed by atoms with Crippen molar-refractivity contribution in [3.63, 3.8) is 0 Å². The summed E-state index contributed by atoms with van der Waals surface area (Å²) in [5, 5.41) is 0.482. The number of hydrogen-bond acceptors (Lipinski definition) is 6. The van der Waals surface area contributed by atoms with Crippen molar-refractivity contribution in [2.24, 2.45) is 5.73 Å². The number of H-pyrrole nitrogens is 1. The van der Waals surface area contributed by atoms with Gasteiger partial charge in [0.05, 0.1) is 30.9 Å². The van der Waals surface area contributed by atoms with E-state index in [-0.39, 0.29) is 5.56 Å². The Labute approximate surface area is 120 Å². The van der Waals surface area contributed by atoms with Gasteiger partial charge in [-0.05, 0) is 6.07 Å². The first-order chi connectivity index (χ1) is 9.69. The molecule has 0 saturated heterocycles. The minimum absolute atomic E-state index is 0.181. The fourth-order valence-electron chi connectivity index (χ4n) is 1.83. The molecule has 2 rings (SSSR count). The summed E-state index contributed by atoms with van der Waals surface area (Å²) in [5.74, 6) is 3.15. The maximum Gasteiger partial charge on any atom is 0.258 e. The van der Waals surface area contributed by atoms with Crippen molar-refractivity contribution >= 4 is 22.7 Å². The standard InChI is InChI=1S/C13H17N3O3S/c1-18-10-5-8-9(6-11(10)19-2)15-12(16-13(8)17)7-20-4-3-14/h5-6H,3-4,7,14H2,1-2H3,(H,15,16,17). The first kappa shape index (κ1) is 14.7. The van der Waals surface area contributed by atoms with Crippen molar-refractivity contribution in [1.29, 1.82) is 0 Å². The molecule has 0 aliphatic heterocycles. The fourth-order valence-corrected chi connectivity index (χ4v) is 2.48. The monoisotopic (exact) mass is 295 g/mol. The molecule has 0 aliphatic carbocycles. The zero-order valence-electron chi connectivity index (χ0n) is 11.4. The molecule has 0 fully saturated rings. The third kappa shape index (κ3) is 3.05. The number of nitrogens with one attached hydrogen (secondary N) is 1. The van der Waals surface area contributed by atoms with Gasteiger partial charge in [-0.25, -0.2) is 4.98 Å². The number of rotatable bonds is 6. The van der Waals surface area contributed by atoms with Crippen molar-refractivity contribution in [3.8, 4) is 11.5 Å². The Balaban J connectivity index is 2.45. The van der Waals surface area contributed by atoms with Crippen LogP contribution >= 0.6 is 11.8 Å². The summed E-state index contributed by atoms with van der Waals surface area (Å²) in [6.45, 7) is 0.605. The predicted molar refractivity (Wildman–Crippen MR) is 80.7 cm³/mol. The molecule has 2 aromatic rings. The lowest BCUT2D eigenvalue weighted by Crippen LogP contribution is -2.12. The zero-order valence-corrected chi connectivity index (χ0v) is 12.3. The van der Waals surface area contributed by atoms with Gasteiger partial charge in [0, 0.05) is 18.4 Å². The minimum Gasteiger partial charge on any atom is -0.493 e. The molecule has 0 aliphatic rings. The predicted octanol–water partition coefficient (Wildman–Crippen LogP) is 1.13. The third-order valence-corrected chi connectivity index (χ3v) is 3.76. The molecule has 0 spiro atoms. The second kappa shape index (κ2) is 6.62. The van der Waals surface area contributed by atoms with Gasteiger partial charge in [-0.3, -0.25) is 4.79 Å². The number of fused-ring (bicyclic) bond motifs is 1. The number of aromatic amines is 1. The van der Waals surface area contributed by atoms with E-state index in [1.54, 1.807) is 31.0 Å². The smallest absolute Gasteiger partial charge is 0.258 e. The van der Waals surface area contributed by atoms with Crippen molar-refractivity contribution in [2.45, 2.75) is 5.75 Å². The lowest BCUT2D eigenvalue weighted by Gasteiger charge is -2.09. The number of nitrogens with two attached hydrogens (primary N) is 1. The normalized spacial score (nSPS) is 10.8. The summed E-state index contributed by atoms with van der Waals surface area (Å²) in [7, 11) is 3.08. The summed E-state index contributed by atoms with van der Waals surface area (Å²) < 4.78 is 10.4. The Morgan fingerprint density at radius 2 is 2.00 bits per heavy atom. The van der Waals surface area contributed by atoms with Crippen LogP contribution in [-0.2, 0) is 5.75 Å². The van der Waals surface area contributed by atoms with E-state index in [9.17, 15) is 4.79 Å². The molecule has 7 heteroatoms. The first-order valence-corrected chi connectivity index (χ1v) is 7.27. The van der Waals surface area contributed by atoms with Crippen LogP contribution in [0.15, 0.2) is 16.9 Å². The number of methoxy groups -OCH3 is 2. The average molecular weight is 295 g/mol. The van der Waals surface area contributed by atoms with E-state index in [1.807, 2.05) is 0 Å². The molecule has 1 aromatic heterocycles. The van der Waals surface area contributed by atoms with Crippen LogP contribution in [0.1, 0.15) is 5.82 Å². The van der Waals surface area contributed by atoms with Gasteiger partial charge in [-0.2, -0.15) is 11.8 Å². The lowest BCUT2D eigenvalue weighted by atomic mass is 10.2. The molecule has 0 unspecified atom stereocenters. The topological polar surface area (TPSA) is 90.2 Å². The highest BCUT2D eigenvalue weighted by Gasteiger charge is 2.10. The van der Waals surface area contributed by atoms with Crippen molar-refractivity contribution < 1.29 is 9.47 Å². The van der Waals surface area contributed by atoms with E-state index in [2.05, 4.69) is 9.97 Å². The fraction of sp³-hybridized carbons (Fsp3) is 0.385. The van der Waals surface area contributed by atoms with E-state index in [0.29, 0.717) is 40.5 Å². The quantitative estimate of drug-likeness (QED) is 0.777. The van der Waals surface area contributed by atoms with Gasteiger partial charge in [0.1, 0.15) is 5.82 Å². The highest BCUT2D eigenvalue weighted by Crippen LogP contribution is 2.30. The molecule has 3 N–H and O–H groups in total. The number of benzene rings is 1. The van der Waals surface area contributed by atoms with Crippen LogP contribution in [0.4, 0.5) is 0 Å². The van der Waals surface area contributed by atoms with Crippen molar-refractivity contribution in [3.05, 3.63) is 28.3 Å². The van der Waals surface area contributed by atoms with Gasteiger partial charge >= 0.3 is 0 Å². The van der Waals surface area contributed by atoms with Gasteiger partial charge < -0.3 is 20.2 Å². The van der Waals surface area contributed by atoms with Gasteiger partial charge in [0.25, 0.3) is 5.56 Å². The summed E-state index contributed by atoms with van der Waals surface area (Å²) in [6.07, 6.45) is 0. The Morgan fingerprint density at radius 3 is 2.65 bits per heavy atom. The molecular weight excluding hydrogens is 278 g/mol. The van der Waals surface area contributed by atoms with E-state index in [4.69, 9.17) is 15.2 Å². The molecule has 20 heavy (non-hydrogen) atoms. The number of aromatic nitrogens is 2. The molecule has 0 radical (unpaired) electrons. The third-order valence-electron chi connectivity index (χ3n) is 2.76. The minimum atomic E-state index is -0.181. The molecule has 1 aromatic carbocycles. The van der Waals surface area contributed by atoms with Crippen LogP contribution in [0.25, 0.3) is 10.9 Å². The number of thioether (sulfide) groups is 1. The second-order valence-electron chi connectivity index (χ2n) is 4.08. The highest BCUT2D eigenvalue weighted by atomic mass is 32.2. The summed E-state index contributed by atoms with van der Waals surface area (Å²) in [5.41, 5.74) is 5.85. The summed E-state index contributed by atoms with van der Waals surface area (Å²) in [4.78, 5) is 19.3. The van der Waals surface area contributed by atoms with Crippen LogP contribution in [0, 0.1) is 0 Å². The summed E-state index contributed by atoms with van der Waals surface area (Å²) >= 11 is 1.63. The van der Waals surface area contributed by atoms with E-state index in [1.165, 1.54) is 7.11 Å². The van der Waals surface area contributed by atoms with Crippen molar-refractivity contribution in [1.82, 2.24) is 9.97 Å². The maximum atomic E-state index is 12.1. The molecular formula is C13H17N3O3S. The molecule has 0 atom stereocenters. The number of ether oxygens (including phenoxy) is 2. The Hall–Kier alpha value is -1.73. The van der Waals surface area contributed by atoms with Crippen LogP contribution in [-0.4, -0.2) is 36.5 Å². The van der Waals surface area contributed by atoms with Gasteiger partial charge in [-0.1, -0.05) is 0 Å². The van der Waals surface area contributed by atoms with Crippen LogP contribution in [0.5, 0.6) is 11.5 Å². The molecule has 0 bridgehead atoms. The Bertz CT molecular complexity index is 657. The summed E-state index contributed by atoms with van der Waals surface area (Å²) in [6, 6.07) is 3.34. The van der Waals surface area contributed by atoms with Gasteiger partial charge in [0.2, 0.25) is 0 Å². The van der Waals surface area contributed by atoms with Crippen LogP contribution in [0.2, 0.25) is 0 Å². The molecule has 6 nitrogen and oxygen atoms in total. The van der Waals surface area contributed by atoms with E-state index in [0.717, 1.165) is 5.75 Å². The van der Waals surface area contributed by atoms with Crippen LogP contribution in [0.3, 0.4) is 0 Å². The van der Waals surface area contributed by atoms with Gasteiger partial charge in [0.15, 0.2) is 11.5 Å². The van der Waals surface area contributed by atoms with E-state index >= 15 is 0 Å². The first-order valence-electron chi connectivity index (χ1n) is 6.12. The van der Waals surface area contributed by atoms with Gasteiger partial charge in [-0.15, -0.1) is 0 Å². The molecule has 108 valence electrons. The van der Waals surface area contributed by atoms with Crippen molar-refractivity contribution in [2.75, 3.05) is 26.5 Å².